The molecule has 0 aliphatic carbocycles. The molecule has 1 heterocycles. The van der Waals surface area contributed by atoms with E-state index in [-0.39, 0.29) is 11.8 Å². The van der Waals surface area contributed by atoms with Gasteiger partial charge in [0.05, 0.1) is 16.1 Å². The number of aromatic hydroxyl groups is 1. The summed E-state index contributed by atoms with van der Waals surface area (Å²) in [6.45, 7) is -0.0484. The average molecular weight is 485 g/mol. The quantitative estimate of drug-likeness (QED) is 0.555. The number of alkyl halides is 6. The summed E-state index contributed by atoms with van der Waals surface area (Å²) in [6.07, 6.45) is -6.57. The van der Waals surface area contributed by atoms with Gasteiger partial charge < -0.3 is 10.0 Å². The minimum Gasteiger partial charge on any atom is -0.507 e. The number of sulfone groups is 1. The highest BCUT2D eigenvalue weighted by atomic mass is 32.2. The van der Waals surface area contributed by atoms with Gasteiger partial charge in [0, 0.05) is 30.6 Å². The van der Waals surface area contributed by atoms with Crippen molar-refractivity contribution >= 4 is 21.2 Å². The molecule has 3 rings (SSSR count). The number of phenolic OH excluding ortho intramolecular Hbond substituents is 1. The minimum absolute atomic E-state index is 0.109. The van der Waals surface area contributed by atoms with E-state index in [1.165, 1.54) is 12.1 Å². The molecule has 0 aromatic heterocycles. The van der Waals surface area contributed by atoms with Gasteiger partial charge in [-0.05, 0) is 37.6 Å². The van der Waals surface area contributed by atoms with Crippen LogP contribution in [-0.4, -0.2) is 31.5 Å². The van der Waals surface area contributed by atoms with Crippen LogP contribution in [0.3, 0.4) is 0 Å². The Morgan fingerprint density at radius 3 is 2.34 bits per heavy atom. The molecule has 1 aliphatic rings. The zero-order valence-electron chi connectivity index (χ0n) is 16.5. The minimum atomic E-state index is -5.08. The molecule has 176 valence electrons. The zero-order valence-corrected chi connectivity index (χ0v) is 17.3. The van der Waals surface area contributed by atoms with Gasteiger partial charge in [0.1, 0.15) is 11.6 Å². The summed E-state index contributed by atoms with van der Waals surface area (Å²) in [5, 5.41) is 9.80. The molecule has 0 radical (unpaired) electrons. The van der Waals surface area contributed by atoms with Crippen LogP contribution in [0, 0.1) is 11.7 Å². The molecule has 2 aromatic carbocycles. The van der Waals surface area contributed by atoms with Crippen molar-refractivity contribution in [3.63, 3.8) is 0 Å². The summed E-state index contributed by atoms with van der Waals surface area (Å²) in [6, 6.07) is 4.99. The molecule has 1 aliphatic heterocycles. The molecular weight excluding hydrogens is 467 g/mol. The molecule has 1 N–H and O–H groups in total. The van der Waals surface area contributed by atoms with Crippen LogP contribution in [-0.2, 0) is 16.0 Å². The Bertz CT molecular complexity index is 1110. The predicted octanol–water partition coefficient (Wildman–Crippen LogP) is 5.82. The van der Waals surface area contributed by atoms with Crippen molar-refractivity contribution in [2.45, 2.75) is 42.3 Å². The van der Waals surface area contributed by atoms with Gasteiger partial charge in [0.15, 0.2) is 0 Å². The molecule has 0 saturated heterocycles. The lowest BCUT2D eigenvalue weighted by Crippen LogP contribution is -2.32. The van der Waals surface area contributed by atoms with Crippen LogP contribution in [0.25, 0.3) is 0 Å². The van der Waals surface area contributed by atoms with Gasteiger partial charge in [0.2, 0.25) is 21.3 Å². The molecular formula is C20H18F7NO3S. The first-order valence-electron chi connectivity index (χ1n) is 9.34. The molecule has 0 amide bonds. The summed E-state index contributed by atoms with van der Waals surface area (Å²) < 4.78 is 122. The second-order valence-corrected chi connectivity index (χ2v) is 9.67. The Balaban J connectivity index is 2.26. The Kier molecular flexibility index (Phi) is 6.13. The summed E-state index contributed by atoms with van der Waals surface area (Å²) in [5.41, 5.74) is -5.07. The third kappa shape index (κ3) is 4.79. The standard InChI is InChI=1S/C20H18F7NO3S/c1-19(23,24)6-5-11-10-28(13-4-2-3-12(21)7-13)15-8-14(20(25,26)27)16(29)9-17(15)32(30,31)18(11)22/h2-4,7-9,11,18,29H,5-6,10H2,1H3/t11-,18+/m0/s1. The van der Waals surface area contributed by atoms with Crippen molar-refractivity contribution in [1.29, 1.82) is 0 Å². The summed E-state index contributed by atoms with van der Waals surface area (Å²) in [7, 11) is -4.98. The van der Waals surface area contributed by atoms with Gasteiger partial charge in [-0.3, -0.25) is 0 Å². The maximum absolute atomic E-state index is 15.1. The first kappa shape index (κ1) is 24.1. The van der Waals surface area contributed by atoms with Crippen molar-refractivity contribution in [3.8, 4) is 5.75 Å². The third-order valence-electron chi connectivity index (χ3n) is 5.14. The molecule has 0 bridgehead atoms. The van der Waals surface area contributed by atoms with Crippen LogP contribution in [0.1, 0.15) is 25.3 Å². The van der Waals surface area contributed by atoms with Gasteiger partial charge in [0.25, 0.3) is 0 Å². The fourth-order valence-corrected chi connectivity index (χ4v) is 5.27. The number of anilines is 2. The normalized spacial score (nSPS) is 21.2. The SMILES string of the molecule is CC(F)(F)CC[C@H]1CN(c2cccc(F)c2)c2cc(C(F)(F)F)c(O)cc2S(=O)(=O)[C@H]1F. The summed E-state index contributed by atoms with van der Waals surface area (Å²) >= 11 is 0. The van der Waals surface area contributed by atoms with E-state index in [4.69, 9.17) is 0 Å². The van der Waals surface area contributed by atoms with E-state index in [1.54, 1.807) is 0 Å². The van der Waals surface area contributed by atoms with Crippen LogP contribution in [0.2, 0.25) is 0 Å². The third-order valence-corrected chi connectivity index (χ3v) is 7.06. The highest BCUT2D eigenvalue weighted by molar-refractivity contribution is 7.92. The van der Waals surface area contributed by atoms with Crippen LogP contribution in [0.15, 0.2) is 41.3 Å². The second kappa shape index (κ2) is 8.13. The number of rotatable bonds is 4. The van der Waals surface area contributed by atoms with Crippen LogP contribution >= 0.6 is 0 Å². The number of nitrogens with zero attached hydrogens (tertiary/aromatic N) is 1. The van der Waals surface area contributed by atoms with E-state index >= 15 is 4.39 Å². The predicted molar refractivity (Wildman–Crippen MR) is 102 cm³/mol. The Hall–Kier alpha value is -2.50. The highest BCUT2D eigenvalue weighted by Crippen LogP contribution is 2.47. The molecule has 0 saturated carbocycles. The lowest BCUT2D eigenvalue weighted by atomic mass is 10.00. The van der Waals surface area contributed by atoms with Gasteiger partial charge in [-0.25, -0.2) is 26.0 Å². The number of fused-ring (bicyclic) bond motifs is 1. The molecule has 4 nitrogen and oxygen atoms in total. The Labute approximate surface area is 179 Å². The highest BCUT2D eigenvalue weighted by Gasteiger charge is 2.45. The Morgan fingerprint density at radius 1 is 1.12 bits per heavy atom. The summed E-state index contributed by atoms with van der Waals surface area (Å²) in [4.78, 5) is -0.0200. The van der Waals surface area contributed by atoms with E-state index in [0.29, 0.717) is 13.0 Å². The fraction of sp³-hybridized carbons (Fsp3) is 0.400. The van der Waals surface area contributed by atoms with Crippen LogP contribution < -0.4 is 4.90 Å². The molecule has 0 spiro atoms. The zero-order chi connectivity index (χ0) is 24.1. The lowest BCUT2D eigenvalue weighted by molar-refractivity contribution is -0.138. The molecule has 0 unspecified atom stereocenters. The topological polar surface area (TPSA) is 57.6 Å². The maximum Gasteiger partial charge on any atom is 0.420 e. The second-order valence-electron chi connectivity index (χ2n) is 7.69. The molecule has 0 fully saturated rings. The van der Waals surface area contributed by atoms with Crippen molar-refractivity contribution in [2.24, 2.45) is 5.92 Å². The number of benzene rings is 2. The van der Waals surface area contributed by atoms with E-state index in [0.717, 1.165) is 17.0 Å². The molecule has 2 atom stereocenters. The van der Waals surface area contributed by atoms with Crippen LogP contribution in [0.4, 0.5) is 42.1 Å². The molecule has 12 heteroatoms. The molecule has 2 aromatic rings. The van der Waals surface area contributed by atoms with Gasteiger partial charge in [-0.2, -0.15) is 13.2 Å². The van der Waals surface area contributed by atoms with E-state index in [9.17, 15) is 39.9 Å². The van der Waals surface area contributed by atoms with Crippen molar-refractivity contribution in [3.05, 3.63) is 47.8 Å². The van der Waals surface area contributed by atoms with Crippen LogP contribution in [0.5, 0.6) is 5.75 Å². The van der Waals surface area contributed by atoms with Crippen molar-refractivity contribution in [2.75, 3.05) is 11.4 Å². The van der Waals surface area contributed by atoms with E-state index in [1.807, 2.05) is 0 Å². The van der Waals surface area contributed by atoms with Gasteiger partial charge in [-0.15, -0.1) is 0 Å². The molecule has 32 heavy (non-hydrogen) atoms. The maximum atomic E-state index is 15.1. The van der Waals surface area contributed by atoms with E-state index < -0.39 is 80.5 Å². The lowest BCUT2D eigenvalue weighted by Gasteiger charge is -2.28. The van der Waals surface area contributed by atoms with Crippen molar-refractivity contribution in [1.82, 2.24) is 0 Å². The average Bonchev–Trinajstić information content (AvgIpc) is 2.73. The van der Waals surface area contributed by atoms with Gasteiger partial charge >= 0.3 is 6.18 Å². The number of phenols is 1. The van der Waals surface area contributed by atoms with Crippen molar-refractivity contribution < 1.29 is 44.3 Å². The smallest absolute Gasteiger partial charge is 0.420 e. The first-order chi connectivity index (χ1) is 14.6. The number of halogens is 7. The Morgan fingerprint density at radius 2 is 1.78 bits per heavy atom. The van der Waals surface area contributed by atoms with E-state index in [2.05, 4.69) is 0 Å². The number of hydrogen-bond acceptors (Lipinski definition) is 4. The largest absolute Gasteiger partial charge is 0.507 e. The summed E-state index contributed by atoms with van der Waals surface area (Å²) in [5.74, 6) is -7.06. The number of hydrogen-bond donors (Lipinski definition) is 1. The van der Waals surface area contributed by atoms with Gasteiger partial charge in [-0.1, -0.05) is 6.07 Å². The fourth-order valence-electron chi connectivity index (χ4n) is 3.56. The monoisotopic (exact) mass is 485 g/mol. The first-order valence-corrected chi connectivity index (χ1v) is 10.9.